The molecule has 2 unspecified atom stereocenters. The van der Waals surface area contributed by atoms with Crippen molar-refractivity contribution in [1.82, 2.24) is 0 Å². The molecule has 23 aliphatic rings. The number of aliphatic hydroxyl groups excluding tert-OH is 27. The average Bonchev–Trinajstić information content (AvgIpc) is 0.783. The summed E-state index contributed by atoms with van der Waals surface area (Å²) in [7, 11) is 0. The van der Waals surface area contributed by atoms with Crippen LogP contribution in [0, 0.1) is 0 Å². The van der Waals surface area contributed by atoms with Crippen LogP contribution in [0.2, 0.25) is 0 Å². The van der Waals surface area contributed by atoms with Crippen molar-refractivity contribution in [3.63, 3.8) is 0 Å². The summed E-state index contributed by atoms with van der Waals surface area (Å²) in [5.41, 5.74) is 0. The molecule has 576 valence electrons. The molecular formula is C54H90O45. The normalized spacial score (nSPS) is 55.1. The lowest BCUT2D eigenvalue weighted by Crippen LogP contribution is -2.68. The minimum absolute atomic E-state index is 0.906. The van der Waals surface area contributed by atoms with E-state index in [1.807, 2.05) is 0 Å². The Bertz CT molecular complexity index is 2450. The molecule has 0 amide bonds. The largest absolute Gasteiger partial charge is 0.394 e. The zero-order valence-electron chi connectivity index (χ0n) is 51.8. The molecule has 23 fully saturated rings. The van der Waals surface area contributed by atoms with Gasteiger partial charge in [0.05, 0.1) is 59.5 Å². The number of hydrogen-bond donors (Lipinski definition) is 27. The predicted molar refractivity (Wildman–Crippen MR) is 294 cm³/mol. The highest BCUT2D eigenvalue weighted by Crippen LogP contribution is 2.40. The van der Waals surface area contributed by atoms with Gasteiger partial charge in [-0.15, -0.1) is 0 Å². The molecule has 27 N–H and O–H groups in total. The summed E-state index contributed by atoms with van der Waals surface area (Å²) in [6.07, 6.45) is -94.3. The quantitative estimate of drug-likeness (QED) is 0.0814. The molecular weight excluding hydrogens is 1370 g/mol. The fraction of sp³-hybridized carbons (Fsp3) is 1.00. The van der Waals surface area contributed by atoms with E-state index in [2.05, 4.69) is 0 Å². The molecule has 45 heteroatoms. The summed E-state index contributed by atoms with van der Waals surface area (Å²) in [6.45, 7) is -9.86. The van der Waals surface area contributed by atoms with Gasteiger partial charge in [0.15, 0.2) is 56.6 Å². The molecule has 45 atom stereocenters. The molecule has 14 bridgehead atoms. The van der Waals surface area contributed by atoms with E-state index in [-0.39, 0.29) is 0 Å². The van der Waals surface area contributed by atoms with E-state index in [1.165, 1.54) is 0 Å². The fourth-order valence-electron chi connectivity index (χ4n) is 13.3. The zero-order chi connectivity index (χ0) is 72.1. The summed E-state index contributed by atoms with van der Waals surface area (Å²) < 4.78 is 103. The molecule has 45 nitrogen and oxygen atoms in total. The molecule has 23 saturated heterocycles. The van der Waals surface area contributed by atoms with Crippen LogP contribution in [-0.2, 0) is 85.3 Å². The second-order valence-electron chi connectivity index (χ2n) is 25.3. The smallest absolute Gasteiger partial charge is 0.187 e. The molecule has 0 aromatic carbocycles. The Kier molecular flexibility index (Phi) is 27.4. The Hall–Kier alpha value is -1.80. The van der Waals surface area contributed by atoms with Gasteiger partial charge in [0.1, 0.15) is 220 Å². The molecule has 0 aromatic heterocycles. The minimum atomic E-state index is -2.43. The van der Waals surface area contributed by atoms with Gasteiger partial charge in [0.25, 0.3) is 0 Å². The van der Waals surface area contributed by atoms with E-state index in [4.69, 9.17) is 85.3 Å². The molecule has 0 radical (unpaired) electrons. The van der Waals surface area contributed by atoms with Crippen LogP contribution in [0.25, 0.3) is 0 Å². The second kappa shape index (κ2) is 34.0. The molecule has 0 spiro atoms. The van der Waals surface area contributed by atoms with E-state index < -0.39 is 336 Å². The summed E-state index contributed by atoms with van der Waals surface area (Å²) >= 11 is 0. The lowest BCUT2D eigenvalue weighted by molar-refractivity contribution is -0.399. The fourth-order valence-corrected chi connectivity index (χ4v) is 13.3. The van der Waals surface area contributed by atoms with Gasteiger partial charge in [-0.1, -0.05) is 0 Å². The number of ether oxygens (including phenoxy) is 18. The van der Waals surface area contributed by atoms with Crippen molar-refractivity contribution >= 4 is 0 Å². The van der Waals surface area contributed by atoms with E-state index in [0.29, 0.717) is 0 Å². The maximum atomic E-state index is 12.0. The zero-order valence-corrected chi connectivity index (χ0v) is 51.8. The van der Waals surface area contributed by atoms with Gasteiger partial charge in [0, 0.05) is 0 Å². The summed E-state index contributed by atoms with van der Waals surface area (Å²) in [4.78, 5) is 0. The summed E-state index contributed by atoms with van der Waals surface area (Å²) in [6, 6.07) is 0. The van der Waals surface area contributed by atoms with Gasteiger partial charge >= 0.3 is 0 Å². The van der Waals surface area contributed by atoms with E-state index in [9.17, 15) is 138 Å². The first-order valence-corrected chi connectivity index (χ1v) is 31.6. The number of aliphatic hydroxyl groups is 27. The van der Waals surface area contributed by atoms with Crippen LogP contribution in [0.4, 0.5) is 0 Å². The van der Waals surface area contributed by atoms with E-state index in [0.717, 1.165) is 0 Å². The van der Waals surface area contributed by atoms with Crippen LogP contribution in [0.1, 0.15) is 0 Å². The first-order valence-electron chi connectivity index (χ1n) is 31.6. The molecule has 23 rings (SSSR count). The average molecular weight is 1460 g/mol. The first kappa shape index (κ1) is 79.8. The minimum Gasteiger partial charge on any atom is -0.394 e. The third-order valence-corrected chi connectivity index (χ3v) is 19.0. The molecule has 23 heterocycles. The topological polar surface area (TPSA) is 712 Å². The number of rotatable bonds is 13. The van der Waals surface area contributed by atoms with Crippen LogP contribution in [0.15, 0.2) is 0 Å². The van der Waals surface area contributed by atoms with Gasteiger partial charge in [-0.2, -0.15) is 0 Å². The monoisotopic (exact) mass is 1460 g/mol. The van der Waals surface area contributed by atoms with Crippen molar-refractivity contribution in [2.24, 2.45) is 0 Å². The van der Waals surface area contributed by atoms with Crippen molar-refractivity contribution in [3.8, 4) is 0 Å². The van der Waals surface area contributed by atoms with Gasteiger partial charge in [-0.05, 0) is 0 Å². The van der Waals surface area contributed by atoms with Crippen molar-refractivity contribution < 1.29 is 223 Å². The van der Waals surface area contributed by atoms with Gasteiger partial charge in [-0.25, -0.2) is 0 Å². The van der Waals surface area contributed by atoms with E-state index >= 15 is 0 Å². The summed E-state index contributed by atoms with van der Waals surface area (Å²) in [5, 5.41) is 299. The standard InChI is InChI=1S/C54H90O45/c55-1-10-19(63)20(64)29(73)47(83-10)92-38-11(2-56)84-46(30(74)21(38)65)82-9-18-45-28(72)37(81)54(91-18)98-44-17(8-62)89-52(35(79)26(44)70)96-42-15(6-60)87-50(33(77)24(42)68)94-40-13(4-58)85-48(31(75)22(40)66)93-39-12(3-57)86-49(32(76)23(39)67)95-41-14(5-59)88-51(34(78)25(41)69)97-43-16(7-61)90-53(99-45)36(80)27(43)71/h10-81H,1-9H2/t10-,11-,12-,13-,14-,15-,16-,17-,18-,19-,20?,21-,22-,23-,24-,25-,26-,27-,28-,29-,30-,31-,32-,33-,34-,35-,36-,37-,38-,39-,40-,41-,42-,43-,44-,45-,46+,47-,48?,49-,50-,51-,52-,53-,54-/m1/s1. The Labute approximate surface area is 558 Å². The van der Waals surface area contributed by atoms with Gasteiger partial charge < -0.3 is 223 Å². The maximum Gasteiger partial charge on any atom is 0.187 e. The number of hydrogen-bond acceptors (Lipinski definition) is 45. The molecule has 0 aromatic rings. The van der Waals surface area contributed by atoms with Crippen LogP contribution >= 0.6 is 0 Å². The Morgan fingerprint density at radius 1 is 0.182 bits per heavy atom. The molecule has 99 heavy (non-hydrogen) atoms. The molecule has 23 aliphatic heterocycles. The predicted octanol–water partition coefficient (Wildman–Crippen LogP) is -19.6. The lowest BCUT2D eigenvalue weighted by Gasteiger charge is -2.50. The Balaban J connectivity index is 0.938. The maximum absolute atomic E-state index is 12.0. The molecule has 0 aliphatic carbocycles. The van der Waals surface area contributed by atoms with Crippen molar-refractivity contribution in [2.45, 2.75) is 276 Å². The lowest BCUT2D eigenvalue weighted by atomic mass is 9.95. The van der Waals surface area contributed by atoms with Crippen LogP contribution < -0.4 is 0 Å². The second-order valence-corrected chi connectivity index (χ2v) is 25.3. The van der Waals surface area contributed by atoms with Crippen LogP contribution in [-0.4, -0.2) is 474 Å². The third-order valence-electron chi connectivity index (χ3n) is 19.0. The molecule has 0 saturated carbocycles. The third kappa shape index (κ3) is 16.0. The van der Waals surface area contributed by atoms with Crippen molar-refractivity contribution in [1.29, 1.82) is 0 Å². The Morgan fingerprint density at radius 2 is 0.404 bits per heavy atom. The van der Waals surface area contributed by atoms with Crippen LogP contribution in [0.5, 0.6) is 0 Å². The first-order chi connectivity index (χ1) is 47.1. The van der Waals surface area contributed by atoms with E-state index in [1.54, 1.807) is 0 Å². The van der Waals surface area contributed by atoms with Crippen molar-refractivity contribution in [2.75, 3.05) is 59.5 Å². The van der Waals surface area contributed by atoms with Crippen molar-refractivity contribution in [3.05, 3.63) is 0 Å². The SMILES string of the molecule is OC[C@H]1O[C@@H]2O[C@H]3[C@H](O)[C@@H](O)[C@@H](O[C@H]4[C@H](O)[C@@H](O)[C@@H](O[C@H]5[C@H](O)[C@@H](O)[C@@H](O[C@H]6[C@H](O)[C@@H](O)[C@@H](O[C@H]7[C@H](O)[C@@H](O)[C@@H](O[C@H]8[C@H](O)[C@@H](O)C(O[C@H]1[C@H](O)[C@H]2O)O[C@@H]8CO)O[C@@H]7CO)O[C@@H]6CO)O[C@@H]5CO[C@H]1O[C@H](CO)[C@@H](O[C@H]2O[C@H](CO)[C@@H](O)C(O)[C@H]2O)[C@H](O)[C@H]1O)O[C@@H]4CO)O[C@@H]3CO. The highest BCUT2D eigenvalue weighted by molar-refractivity contribution is 5.03. The highest BCUT2D eigenvalue weighted by atomic mass is 16.8. The Morgan fingerprint density at radius 3 is 0.657 bits per heavy atom. The van der Waals surface area contributed by atoms with Crippen LogP contribution in [0.3, 0.4) is 0 Å². The highest BCUT2D eigenvalue weighted by Gasteiger charge is 2.61. The van der Waals surface area contributed by atoms with Gasteiger partial charge in [-0.3, -0.25) is 0 Å². The summed E-state index contributed by atoms with van der Waals surface area (Å²) in [5.74, 6) is 0. The van der Waals surface area contributed by atoms with Gasteiger partial charge in [0.2, 0.25) is 0 Å².